The standard InChI is InChI=1S/C20H28N2O3/c1-3-25-20(24)17-9-11-21(12-10-17)19(23)14-22-13-8-16-6-4-5-7-18(16)15(22)2/h4-7,15,17H,3,8-14H2,1-2H3/t15-/m0/s1. The van der Waals surface area contributed by atoms with Crippen molar-refractivity contribution < 1.29 is 14.3 Å². The third-order valence-corrected chi connectivity index (χ3v) is 5.53. The molecule has 1 atom stereocenters. The first-order chi connectivity index (χ1) is 12.1. The van der Waals surface area contributed by atoms with Gasteiger partial charge in [0.2, 0.25) is 5.91 Å². The number of hydrogen-bond donors (Lipinski definition) is 0. The van der Waals surface area contributed by atoms with Crippen molar-refractivity contribution in [1.29, 1.82) is 0 Å². The van der Waals surface area contributed by atoms with Crippen molar-refractivity contribution in [2.45, 2.75) is 39.2 Å². The largest absolute Gasteiger partial charge is 0.466 e. The fourth-order valence-electron chi connectivity index (χ4n) is 3.94. The molecule has 0 bridgehead atoms. The molecule has 2 aliphatic heterocycles. The molecule has 0 N–H and O–H groups in total. The molecule has 1 saturated heterocycles. The Morgan fingerprint density at radius 3 is 2.60 bits per heavy atom. The van der Waals surface area contributed by atoms with E-state index in [0.29, 0.717) is 39.1 Å². The van der Waals surface area contributed by atoms with E-state index < -0.39 is 0 Å². The Balaban J connectivity index is 1.53. The number of likely N-dealkylation sites (tertiary alicyclic amines) is 1. The number of nitrogens with zero attached hydrogens (tertiary/aromatic N) is 2. The molecule has 1 aromatic carbocycles. The van der Waals surface area contributed by atoms with E-state index in [1.807, 2.05) is 11.8 Å². The van der Waals surface area contributed by atoms with Crippen LogP contribution in [0.2, 0.25) is 0 Å². The van der Waals surface area contributed by atoms with Crippen molar-refractivity contribution in [1.82, 2.24) is 9.80 Å². The Bertz CT molecular complexity index is 623. The normalized spacial score (nSPS) is 21.7. The van der Waals surface area contributed by atoms with E-state index in [2.05, 4.69) is 36.1 Å². The van der Waals surface area contributed by atoms with Crippen LogP contribution in [-0.4, -0.2) is 54.5 Å². The van der Waals surface area contributed by atoms with Gasteiger partial charge < -0.3 is 9.64 Å². The van der Waals surface area contributed by atoms with Crippen molar-refractivity contribution in [3.63, 3.8) is 0 Å². The average molecular weight is 344 g/mol. The SMILES string of the molecule is CCOC(=O)C1CCN(C(=O)CN2CCc3ccccc3[C@@H]2C)CC1. The molecule has 0 spiro atoms. The minimum atomic E-state index is -0.115. The minimum absolute atomic E-state index is 0.0511. The van der Waals surface area contributed by atoms with Crippen LogP contribution in [0.25, 0.3) is 0 Å². The first-order valence-electron chi connectivity index (χ1n) is 9.36. The molecule has 0 aromatic heterocycles. The smallest absolute Gasteiger partial charge is 0.309 e. The van der Waals surface area contributed by atoms with Gasteiger partial charge in [0.25, 0.3) is 0 Å². The van der Waals surface area contributed by atoms with Gasteiger partial charge in [0.15, 0.2) is 0 Å². The summed E-state index contributed by atoms with van der Waals surface area (Å²) in [5.41, 5.74) is 2.73. The van der Waals surface area contributed by atoms with E-state index in [4.69, 9.17) is 4.74 Å². The molecule has 0 aliphatic carbocycles. The van der Waals surface area contributed by atoms with E-state index in [-0.39, 0.29) is 23.8 Å². The van der Waals surface area contributed by atoms with Crippen LogP contribution >= 0.6 is 0 Å². The van der Waals surface area contributed by atoms with E-state index in [9.17, 15) is 9.59 Å². The van der Waals surface area contributed by atoms with Gasteiger partial charge in [-0.1, -0.05) is 24.3 Å². The minimum Gasteiger partial charge on any atom is -0.466 e. The number of amides is 1. The highest BCUT2D eigenvalue weighted by Crippen LogP contribution is 2.29. The number of ether oxygens (including phenoxy) is 1. The number of carbonyl (C=O) groups excluding carboxylic acids is 2. The van der Waals surface area contributed by atoms with Gasteiger partial charge in [-0.25, -0.2) is 0 Å². The summed E-state index contributed by atoms with van der Waals surface area (Å²) < 4.78 is 5.10. The van der Waals surface area contributed by atoms with E-state index >= 15 is 0 Å². The quantitative estimate of drug-likeness (QED) is 0.787. The maximum absolute atomic E-state index is 12.7. The summed E-state index contributed by atoms with van der Waals surface area (Å²) in [6.07, 6.45) is 2.42. The van der Waals surface area contributed by atoms with Crippen molar-refractivity contribution in [2.24, 2.45) is 5.92 Å². The molecular weight excluding hydrogens is 316 g/mol. The maximum Gasteiger partial charge on any atom is 0.309 e. The number of carbonyl (C=O) groups is 2. The number of piperidine rings is 1. The number of esters is 1. The van der Waals surface area contributed by atoms with Crippen LogP contribution in [0.1, 0.15) is 43.9 Å². The first-order valence-corrected chi connectivity index (χ1v) is 9.36. The van der Waals surface area contributed by atoms with Crippen molar-refractivity contribution in [2.75, 3.05) is 32.8 Å². The molecule has 0 unspecified atom stereocenters. The molecular formula is C20H28N2O3. The summed E-state index contributed by atoms with van der Waals surface area (Å²) in [5.74, 6) is 0.00851. The summed E-state index contributed by atoms with van der Waals surface area (Å²) in [4.78, 5) is 28.7. The average Bonchev–Trinajstić information content (AvgIpc) is 2.64. The molecule has 0 saturated carbocycles. The van der Waals surface area contributed by atoms with Crippen LogP contribution in [0.3, 0.4) is 0 Å². The lowest BCUT2D eigenvalue weighted by atomic mass is 9.93. The predicted octanol–water partition coefficient (Wildman–Crippen LogP) is 2.41. The third-order valence-electron chi connectivity index (χ3n) is 5.53. The molecule has 5 nitrogen and oxygen atoms in total. The third kappa shape index (κ3) is 4.03. The highest BCUT2D eigenvalue weighted by molar-refractivity contribution is 5.79. The van der Waals surface area contributed by atoms with Gasteiger partial charge in [0.05, 0.1) is 19.1 Å². The Morgan fingerprint density at radius 2 is 1.88 bits per heavy atom. The topological polar surface area (TPSA) is 49.9 Å². The fraction of sp³-hybridized carbons (Fsp3) is 0.600. The lowest BCUT2D eigenvalue weighted by Crippen LogP contribution is -2.47. The van der Waals surface area contributed by atoms with E-state index in [1.165, 1.54) is 11.1 Å². The van der Waals surface area contributed by atoms with Gasteiger partial charge in [-0.05, 0) is 44.2 Å². The molecule has 0 radical (unpaired) electrons. The highest BCUT2D eigenvalue weighted by Gasteiger charge is 2.30. The van der Waals surface area contributed by atoms with Crippen LogP contribution in [0, 0.1) is 5.92 Å². The summed E-state index contributed by atoms with van der Waals surface area (Å²) in [5, 5.41) is 0. The fourth-order valence-corrected chi connectivity index (χ4v) is 3.94. The van der Waals surface area contributed by atoms with Crippen molar-refractivity contribution in [3.05, 3.63) is 35.4 Å². The van der Waals surface area contributed by atoms with Crippen LogP contribution in [0.15, 0.2) is 24.3 Å². The van der Waals surface area contributed by atoms with Crippen molar-refractivity contribution in [3.8, 4) is 0 Å². The molecule has 5 heteroatoms. The zero-order chi connectivity index (χ0) is 17.8. The molecule has 2 aliphatic rings. The van der Waals surface area contributed by atoms with E-state index in [1.54, 1.807) is 0 Å². The monoisotopic (exact) mass is 344 g/mol. The van der Waals surface area contributed by atoms with Gasteiger partial charge in [0.1, 0.15) is 0 Å². The Hall–Kier alpha value is -1.88. The second-order valence-electron chi connectivity index (χ2n) is 7.00. The summed E-state index contributed by atoms with van der Waals surface area (Å²) >= 11 is 0. The maximum atomic E-state index is 12.7. The zero-order valence-electron chi connectivity index (χ0n) is 15.2. The molecule has 136 valence electrons. The number of fused-ring (bicyclic) bond motifs is 1. The number of benzene rings is 1. The molecule has 3 rings (SSSR count). The molecule has 25 heavy (non-hydrogen) atoms. The van der Waals surface area contributed by atoms with Crippen LogP contribution in [0.4, 0.5) is 0 Å². The van der Waals surface area contributed by atoms with Gasteiger partial charge in [-0.3, -0.25) is 14.5 Å². The van der Waals surface area contributed by atoms with Gasteiger partial charge >= 0.3 is 5.97 Å². The van der Waals surface area contributed by atoms with Gasteiger partial charge in [0, 0.05) is 25.7 Å². The Morgan fingerprint density at radius 1 is 1.16 bits per heavy atom. The van der Waals surface area contributed by atoms with Gasteiger partial charge in [-0.2, -0.15) is 0 Å². The number of rotatable bonds is 4. The number of hydrogen-bond acceptors (Lipinski definition) is 4. The lowest BCUT2D eigenvalue weighted by molar-refractivity contribution is -0.151. The molecule has 2 heterocycles. The summed E-state index contributed by atoms with van der Waals surface area (Å²) in [6, 6.07) is 8.78. The zero-order valence-corrected chi connectivity index (χ0v) is 15.2. The van der Waals surface area contributed by atoms with Crippen LogP contribution in [0.5, 0.6) is 0 Å². The first kappa shape index (κ1) is 17.9. The summed E-state index contributed by atoms with van der Waals surface area (Å²) in [6.45, 7) is 7.12. The molecule has 1 fully saturated rings. The van der Waals surface area contributed by atoms with Crippen molar-refractivity contribution >= 4 is 11.9 Å². The second kappa shape index (κ2) is 8.00. The second-order valence-corrected chi connectivity index (χ2v) is 7.00. The predicted molar refractivity (Wildman–Crippen MR) is 96.1 cm³/mol. The van der Waals surface area contributed by atoms with Crippen LogP contribution in [-0.2, 0) is 20.7 Å². The van der Waals surface area contributed by atoms with Gasteiger partial charge in [-0.15, -0.1) is 0 Å². The van der Waals surface area contributed by atoms with E-state index in [0.717, 1.165) is 13.0 Å². The lowest BCUT2D eigenvalue weighted by Gasteiger charge is -2.37. The Kier molecular flexibility index (Phi) is 5.74. The molecule has 1 aromatic rings. The Labute approximate surface area is 149 Å². The summed E-state index contributed by atoms with van der Waals surface area (Å²) in [7, 11) is 0. The molecule has 1 amide bonds. The highest BCUT2D eigenvalue weighted by atomic mass is 16.5. The van der Waals surface area contributed by atoms with Crippen LogP contribution < -0.4 is 0 Å².